The Morgan fingerprint density at radius 3 is 2.67 bits per heavy atom. The second kappa shape index (κ2) is 5.14. The maximum Gasteiger partial charge on any atom is 0.219 e. The molecule has 4 heteroatoms. The van der Waals surface area contributed by atoms with Crippen LogP contribution in [0.25, 0.3) is 0 Å². The number of hydrogen-bond acceptors (Lipinski definition) is 3. The van der Waals surface area contributed by atoms with Gasteiger partial charge in [-0.3, -0.25) is 0 Å². The molecule has 0 fully saturated rings. The SMILES string of the molecule is Cc1cc(CN)cc(Oc2ccc(C)c(F)c2)n1. The molecule has 2 N–H and O–H groups in total. The Balaban J connectivity index is 2.27. The highest BCUT2D eigenvalue weighted by Gasteiger charge is 2.04. The molecule has 2 rings (SSSR count). The third-order valence-corrected chi connectivity index (χ3v) is 2.59. The standard InChI is InChI=1S/C14H15FN2O/c1-9-3-4-12(7-13(9)15)18-14-6-11(8-16)5-10(2)17-14/h3-7H,8,16H2,1-2H3. The zero-order valence-electron chi connectivity index (χ0n) is 10.4. The average Bonchev–Trinajstić information content (AvgIpc) is 2.33. The van der Waals surface area contributed by atoms with Gasteiger partial charge in [0.2, 0.25) is 5.88 Å². The molecule has 0 aliphatic heterocycles. The van der Waals surface area contributed by atoms with Gasteiger partial charge < -0.3 is 10.5 Å². The summed E-state index contributed by atoms with van der Waals surface area (Å²) in [4.78, 5) is 4.23. The number of rotatable bonds is 3. The lowest BCUT2D eigenvalue weighted by molar-refractivity contribution is 0.455. The molecule has 0 saturated heterocycles. The van der Waals surface area contributed by atoms with Crippen molar-refractivity contribution in [3.8, 4) is 11.6 Å². The second-order valence-corrected chi connectivity index (χ2v) is 4.17. The van der Waals surface area contributed by atoms with Crippen molar-refractivity contribution in [1.82, 2.24) is 4.98 Å². The fraction of sp³-hybridized carbons (Fsp3) is 0.214. The number of nitrogens with zero attached hydrogens (tertiary/aromatic N) is 1. The number of ether oxygens (including phenoxy) is 1. The lowest BCUT2D eigenvalue weighted by atomic mass is 10.2. The van der Waals surface area contributed by atoms with Crippen LogP contribution in [-0.4, -0.2) is 4.98 Å². The van der Waals surface area contributed by atoms with Gasteiger partial charge in [0.15, 0.2) is 0 Å². The molecular formula is C14H15FN2O. The first-order valence-corrected chi connectivity index (χ1v) is 5.70. The van der Waals surface area contributed by atoms with E-state index in [9.17, 15) is 4.39 Å². The minimum atomic E-state index is -0.292. The predicted octanol–water partition coefficient (Wildman–Crippen LogP) is 3.09. The Bertz CT molecular complexity index is 570. The fourth-order valence-electron chi connectivity index (χ4n) is 1.63. The Hall–Kier alpha value is -1.94. The monoisotopic (exact) mass is 246 g/mol. The molecule has 1 heterocycles. The third kappa shape index (κ3) is 2.84. The average molecular weight is 246 g/mol. The molecule has 0 bridgehead atoms. The quantitative estimate of drug-likeness (QED) is 0.905. The molecule has 18 heavy (non-hydrogen) atoms. The number of aromatic nitrogens is 1. The molecule has 0 unspecified atom stereocenters. The number of nitrogens with two attached hydrogens (primary N) is 1. The van der Waals surface area contributed by atoms with E-state index in [2.05, 4.69) is 4.98 Å². The molecular weight excluding hydrogens is 231 g/mol. The van der Waals surface area contributed by atoms with E-state index >= 15 is 0 Å². The first kappa shape index (κ1) is 12.5. The Labute approximate surface area is 105 Å². The van der Waals surface area contributed by atoms with E-state index in [4.69, 9.17) is 10.5 Å². The van der Waals surface area contributed by atoms with Gasteiger partial charge >= 0.3 is 0 Å². The number of hydrogen-bond donors (Lipinski definition) is 1. The lowest BCUT2D eigenvalue weighted by Crippen LogP contribution is -1.99. The molecule has 0 atom stereocenters. The lowest BCUT2D eigenvalue weighted by Gasteiger charge is -2.08. The molecule has 0 amide bonds. The Morgan fingerprint density at radius 1 is 1.22 bits per heavy atom. The van der Waals surface area contributed by atoms with Crippen LogP contribution in [0.2, 0.25) is 0 Å². The summed E-state index contributed by atoms with van der Waals surface area (Å²) < 4.78 is 18.9. The van der Waals surface area contributed by atoms with Crippen LogP contribution in [0.15, 0.2) is 30.3 Å². The maximum absolute atomic E-state index is 13.4. The van der Waals surface area contributed by atoms with Crippen LogP contribution >= 0.6 is 0 Å². The molecule has 0 spiro atoms. The molecule has 0 aliphatic rings. The van der Waals surface area contributed by atoms with Crippen molar-refractivity contribution >= 4 is 0 Å². The van der Waals surface area contributed by atoms with E-state index < -0.39 is 0 Å². The Kier molecular flexibility index (Phi) is 3.58. The van der Waals surface area contributed by atoms with Gasteiger partial charge in [-0.15, -0.1) is 0 Å². The summed E-state index contributed by atoms with van der Waals surface area (Å²) in [5, 5.41) is 0. The van der Waals surface area contributed by atoms with Gasteiger partial charge in [-0.05, 0) is 37.1 Å². The minimum absolute atomic E-state index is 0.292. The van der Waals surface area contributed by atoms with E-state index in [1.165, 1.54) is 6.07 Å². The molecule has 1 aromatic heterocycles. The highest BCUT2D eigenvalue weighted by molar-refractivity contribution is 5.33. The number of pyridine rings is 1. The van der Waals surface area contributed by atoms with Crippen molar-refractivity contribution in [2.24, 2.45) is 5.73 Å². The van der Waals surface area contributed by atoms with Crippen molar-refractivity contribution < 1.29 is 9.13 Å². The summed E-state index contributed by atoms with van der Waals surface area (Å²) in [7, 11) is 0. The summed E-state index contributed by atoms with van der Waals surface area (Å²) in [6, 6.07) is 8.38. The summed E-state index contributed by atoms with van der Waals surface area (Å²) in [5.41, 5.74) is 7.92. The van der Waals surface area contributed by atoms with Crippen LogP contribution in [0.1, 0.15) is 16.8 Å². The van der Waals surface area contributed by atoms with E-state index in [1.54, 1.807) is 25.1 Å². The van der Waals surface area contributed by atoms with Gasteiger partial charge in [-0.2, -0.15) is 0 Å². The van der Waals surface area contributed by atoms with Crippen LogP contribution in [0.5, 0.6) is 11.6 Å². The van der Waals surface area contributed by atoms with Crippen molar-refractivity contribution in [1.29, 1.82) is 0 Å². The first-order valence-electron chi connectivity index (χ1n) is 5.70. The number of aryl methyl sites for hydroxylation is 2. The molecule has 1 aromatic carbocycles. The first-order chi connectivity index (χ1) is 8.58. The molecule has 2 aromatic rings. The molecule has 3 nitrogen and oxygen atoms in total. The van der Waals surface area contributed by atoms with Crippen molar-refractivity contribution in [2.45, 2.75) is 20.4 Å². The largest absolute Gasteiger partial charge is 0.439 e. The molecule has 0 radical (unpaired) electrons. The summed E-state index contributed by atoms with van der Waals surface area (Å²) in [6.07, 6.45) is 0. The second-order valence-electron chi connectivity index (χ2n) is 4.17. The van der Waals surface area contributed by atoms with Gasteiger partial charge in [0.05, 0.1) is 0 Å². The van der Waals surface area contributed by atoms with Crippen molar-refractivity contribution in [3.63, 3.8) is 0 Å². The normalized spacial score (nSPS) is 10.4. The van der Waals surface area contributed by atoms with Gasteiger partial charge in [0, 0.05) is 24.4 Å². The summed E-state index contributed by atoms with van der Waals surface area (Å²) in [5.74, 6) is 0.567. The van der Waals surface area contributed by atoms with Crippen molar-refractivity contribution in [3.05, 3.63) is 53.0 Å². The molecule has 0 saturated carbocycles. The van der Waals surface area contributed by atoms with Gasteiger partial charge in [0.1, 0.15) is 11.6 Å². The van der Waals surface area contributed by atoms with Gasteiger partial charge in [-0.25, -0.2) is 9.37 Å². The summed E-state index contributed by atoms with van der Waals surface area (Å²) >= 11 is 0. The van der Waals surface area contributed by atoms with Crippen LogP contribution in [0.4, 0.5) is 4.39 Å². The van der Waals surface area contributed by atoms with Crippen LogP contribution in [0.3, 0.4) is 0 Å². The van der Waals surface area contributed by atoms with Crippen LogP contribution in [0, 0.1) is 19.7 Å². The minimum Gasteiger partial charge on any atom is -0.439 e. The van der Waals surface area contributed by atoms with Crippen LogP contribution in [-0.2, 0) is 6.54 Å². The van der Waals surface area contributed by atoms with Gasteiger partial charge in [-0.1, -0.05) is 6.07 Å². The van der Waals surface area contributed by atoms with E-state index in [0.717, 1.165) is 11.3 Å². The predicted molar refractivity (Wildman–Crippen MR) is 68.1 cm³/mol. The Morgan fingerprint density at radius 2 is 2.00 bits per heavy atom. The summed E-state index contributed by atoms with van der Waals surface area (Å²) in [6.45, 7) is 3.99. The topological polar surface area (TPSA) is 48.1 Å². The third-order valence-electron chi connectivity index (χ3n) is 2.59. The highest BCUT2D eigenvalue weighted by Crippen LogP contribution is 2.23. The van der Waals surface area contributed by atoms with Crippen molar-refractivity contribution in [2.75, 3.05) is 0 Å². The van der Waals surface area contributed by atoms with Crippen LogP contribution < -0.4 is 10.5 Å². The molecule has 0 aliphatic carbocycles. The number of halogens is 1. The number of benzene rings is 1. The zero-order valence-corrected chi connectivity index (χ0v) is 10.4. The van der Waals surface area contributed by atoms with Gasteiger partial charge in [0.25, 0.3) is 0 Å². The van der Waals surface area contributed by atoms with E-state index in [0.29, 0.717) is 23.7 Å². The fourth-order valence-corrected chi connectivity index (χ4v) is 1.63. The maximum atomic E-state index is 13.4. The smallest absolute Gasteiger partial charge is 0.219 e. The molecule has 94 valence electrons. The highest BCUT2D eigenvalue weighted by atomic mass is 19.1. The van der Waals surface area contributed by atoms with E-state index in [1.807, 2.05) is 13.0 Å². The van der Waals surface area contributed by atoms with E-state index in [-0.39, 0.29) is 5.82 Å². The zero-order chi connectivity index (χ0) is 13.1.